The molecule has 2 heterocycles. The fraction of sp³-hybridized carbons (Fsp3) is 0.280. The number of alkyl halides is 1. The third kappa shape index (κ3) is 5.14. The van der Waals surface area contributed by atoms with Crippen molar-refractivity contribution >= 4 is 17.7 Å². The Bertz CT molecular complexity index is 1180. The molecule has 1 aliphatic heterocycles. The van der Waals surface area contributed by atoms with Crippen LogP contribution in [0.4, 0.5) is 4.39 Å². The van der Waals surface area contributed by atoms with Gasteiger partial charge in [-0.3, -0.25) is 19.1 Å². The predicted octanol–water partition coefficient (Wildman–Crippen LogP) is 2.27. The number of carbonyl (C=O) groups excluding carboxylic acids is 3. The van der Waals surface area contributed by atoms with Crippen molar-refractivity contribution in [3.8, 4) is 11.1 Å². The van der Waals surface area contributed by atoms with E-state index in [0.29, 0.717) is 42.9 Å². The van der Waals surface area contributed by atoms with Crippen LogP contribution in [0.3, 0.4) is 0 Å². The van der Waals surface area contributed by atoms with Crippen LogP contribution in [0.15, 0.2) is 60.9 Å². The van der Waals surface area contributed by atoms with E-state index in [0.717, 1.165) is 11.1 Å². The Labute approximate surface area is 197 Å². The van der Waals surface area contributed by atoms with E-state index >= 15 is 0 Å². The third-order valence-corrected chi connectivity index (χ3v) is 5.90. The van der Waals surface area contributed by atoms with E-state index in [4.69, 9.17) is 0 Å². The Hall–Kier alpha value is -4.01. The fourth-order valence-electron chi connectivity index (χ4n) is 3.93. The summed E-state index contributed by atoms with van der Waals surface area (Å²) in [5.41, 5.74) is 3.08. The smallest absolute Gasteiger partial charge is 0.254 e. The summed E-state index contributed by atoms with van der Waals surface area (Å²) in [5, 5.41) is 6.81. The van der Waals surface area contributed by atoms with Gasteiger partial charge in [-0.2, -0.15) is 5.10 Å². The molecule has 4 rings (SSSR count). The van der Waals surface area contributed by atoms with Gasteiger partial charge in [-0.15, -0.1) is 0 Å². The molecule has 3 aromatic rings. The molecule has 0 atom stereocenters. The van der Waals surface area contributed by atoms with Gasteiger partial charge >= 0.3 is 0 Å². The first kappa shape index (κ1) is 23.2. The summed E-state index contributed by atoms with van der Waals surface area (Å²) in [6.07, 6.45) is 3.64. The first-order chi connectivity index (χ1) is 16.5. The highest BCUT2D eigenvalue weighted by molar-refractivity contribution is 5.97. The Kier molecular flexibility index (Phi) is 7.01. The molecule has 0 radical (unpaired) electrons. The van der Waals surface area contributed by atoms with E-state index in [1.807, 2.05) is 25.4 Å². The molecule has 34 heavy (non-hydrogen) atoms. The Balaban J connectivity index is 1.26. The van der Waals surface area contributed by atoms with Gasteiger partial charge in [-0.05, 0) is 29.3 Å². The normalized spacial score (nSPS) is 13.6. The molecule has 1 aliphatic rings. The Morgan fingerprint density at radius 2 is 1.62 bits per heavy atom. The number of halogens is 1. The van der Waals surface area contributed by atoms with Crippen LogP contribution in [0, 0.1) is 0 Å². The number of aryl methyl sites for hydroxylation is 1. The molecule has 0 saturated carbocycles. The first-order valence-electron chi connectivity index (χ1n) is 11.0. The lowest BCUT2D eigenvalue weighted by atomic mass is 10.1. The summed E-state index contributed by atoms with van der Waals surface area (Å²) in [4.78, 5) is 41.0. The number of carbonyl (C=O) groups is 3. The van der Waals surface area contributed by atoms with Gasteiger partial charge in [-0.25, -0.2) is 4.39 Å². The zero-order chi connectivity index (χ0) is 24.1. The van der Waals surface area contributed by atoms with Crippen LogP contribution in [0.5, 0.6) is 0 Å². The SMILES string of the molecule is Cn1cc(-c2ccc(C(=O)NCC(=O)N3CCN(C(=O)c4ccccc4CF)CC3)cc2)cn1. The van der Waals surface area contributed by atoms with Crippen molar-refractivity contribution in [1.82, 2.24) is 24.9 Å². The van der Waals surface area contributed by atoms with Gasteiger partial charge < -0.3 is 15.1 Å². The number of aromatic nitrogens is 2. The van der Waals surface area contributed by atoms with Crippen molar-refractivity contribution in [1.29, 1.82) is 0 Å². The molecule has 0 unspecified atom stereocenters. The molecule has 1 aromatic heterocycles. The van der Waals surface area contributed by atoms with E-state index in [-0.39, 0.29) is 24.3 Å². The second kappa shape index (κ2) is 10.3. The van der Waals surface area contributed by atoms with E-state index in [1.165, 1.54) is 0 Å². The van der Waals surface area contributed by atoms with Crippen LogP contribution in [-0.2, 0) is 18.5 Å². The largest absolute Gasteiger partial charge is 0.343 e. The van der Waals surface area contributed by atoms with Crippen molar-refractivity contribution in [2.75, 3.05) is 32.7 Å². The van der Waals surface area contributed by atoms with Gasteiger partial charge in [0, 0.05) is 56.1 Å². The minimum Gasteiger partial charge on any atom is -0.343 e. The maximum absolute atomic E-state index is 13.2. The van der Waals surface area contributed by atoms with Crippen LogP contribution in [0.25, 0.3) is 11.1 Å². The predicted molar refractivity (Wildman–Crippen MR) is 125 cm³/mol. The topological polar surface area (TPSA) is 87.5 Å². The summed E-state index contributed by atoms with van der Waals surface area (Å²) >= 11 is 0. The van der Waals surface area contributed by atoms with Gasteiger partial charge in [0.1, 0.15) is 6.67 Å². The third-order valence-electron chi connectivity index (χ3n) is 5.90. The van der Waals surface area contributed by atoms with Crippen molar-refractivity contribution in [2.45, 2.75) is 6.67 Å². The van der Waals surface area contributed by atoms with Crippen molar-refractivity contribution in [3.05, 3.63) is 77.6 Å². The van der Waals surface area contributed by atoms with E-state index in [1.54, 1.807) is 57.1 Å². The fourth-order valence-corrected chi connectivity index (χ4v) is 3.93. The van der Waals surface area contributed by atoms with Crippen molar-refractivity contribution < 1.29 is 18.8 Å². The summed E-state index contributed by atoms with van der Waals surface area (Å²) in [6.45, 7) is 0.605. The van der Waals surface area contributed by atoms with Crippen molar-refractivity contribution in [2.24, 2.45) is 7.05 Å². The van der Waals surface area contributed by atoms with E-state index in [9.17, 15) is 18.8 Å². The number of benzene rings is 2. The first-order valence-corrected chi connectivity index (χ1v) is 11.0. The van der Waals surface area contributed by atoms with E-state index in [2.05, 4.69) is 10.4 Å². The number of nitrogens with one attached hydrogen (secondary N) is 1. The number of nitrogens with zero attached hydrogens (tertiary/aromatic N) is 4. The summed E-state index contributed by atoms with van der Waals surface area (Å²) < 4.78 is 14.9. The maximum Gasteiger partial charge on any atom is 0.254 e. The molecule has 9 heteroatoms. The van der Waals surface area contributed by atoms with Gasteiger partial charge in [-0.1, -0.05) is 30.3 Å². The number of hydrogen-bond acceptors (Lipinski definition) is 4. The lowest BCUT2D eigenvalue weighted by Crippen LogP contribution is -2.52. The monoisotopic (exact) mass is 463 g/mol. The lowest BCUT2D eigenvalue weighted by molar-refractivity contribution is -0.131. The highest BCUT2D eigenvalue weighted by Crippen LogP contribution is 2.19. The summed E-state index contributed by atoms with van der Waals surface area (Å²) in [5.74, 6) is -0.775. The van der Waals surface area contributed by atoms with Crippen LogP contribution < -0.4 is 5.32 Å². The summed E-state index contributed by atoms with van der Waals surface area (Å²) in [7, 11) is 1.84. The van der Waals surface area contributed by atoms with Gasteiger partial charge in [0.2, 0.25) is 5.91 Å². The molecular formula is C25H26FN5O3. The Morgan fingerprint density at radius 1 is 0.941 bits per heavy atom. The van der Waals surface area contributed by atoms with Crippen LogP contribution in [0.2, 0.25) is 0 Å². The minimum atomic E-state index is -0.702. The molecule has 2 aromatic carbocycles. The second-order valence-electron chi connectivity index (χ2n) is 8.13. The standard InChI is InChI=1S/C25H26FN5O3/c1-29-17-21(15-28-29)18-6-8-19(9-7-18)24(33)27-16-23(32)30-10-12-31(13-11-30)25(34)22-5-3-2-4-20(22)14-26/h2-9,15,17H,10-14,16H2,1H3,(H,27,33). The average Bonchev–Trinajstić information content (AvgIpc) is 3.33. The molecule has 176 valence electrons. The minimum absolute atomic E-state index is 0.123. The molecular weight excluding hydrogens is 437 g/mol. The molecule has 3 amide bonds. The lowest BCUT2D eigenvalue weighted by Gasteiger charge is -2.35. The highest BCUT2D eigenvalue weighted by Gasteiger charge is 2.26. The van der Waals surface area contributed by atoms with Crippen LogP contribution in [0.1, 0.15) is 26.3 Å². The molecule has 8 nitrogen and oxygen atoms in total. The molecule has 0 spiro atoms. The van der Waals surface area contributed by atoms with Gasteiger partial charge in [0.25, 0.3) is 11.8 Å². The molecule has 1 fully saturated rings. The molecule has 1 N–H and O–H groups in total. The molecule has 0 bridgehead atoms. The molecule has 0 aliphatic carbocycles. The van der Waals surface area contributed by atoms with Gasteiger partial charge in [0.05, 0.1) is 12.7 Å². The number of hydrogen-bond donors (Lipinski definition) is 1. The number of piperazine rings is 1. The number of amides is 3. The van der Waals surface area contributed by atoms with Crippen molar-refractivity contribution in [3.63, 3.8) is 0 Å². The maximum atomic E-state index is 13.2. The second-order valence-corrected chi connectivity index (χ2v) is 8.13. The van der Waals surface area contributed by atoms with Gasteiger partial charge in [0.15, 0.2) is 0 Å². The average molecular weight is 464 g/mol. The Morgan fingerprint density at radius 3 is 2.26 bits per heavy atom. The zero-order valence-electron chi connectivity index (χ0n) is 18.9. The summed E-state index contributed by atoms with van der Waals surface area (Å²) in [6, 6.07) is 13.7. The van der Waals surface area contributed by atoms with Crippen LogP contribution >= 0.6 is 0 Å². The molecule has 1 saturated heterocycles. The van der Waals surface area contributed by atoms with E-state index < -0.39 is 6.67 Å². The number of rotatable bonds is 6. The van der Waals surface area contributed by atoms with Crippen LogP contribution in [-0.4, -0.2) is 70.0 Å². The quantitative estimate of drug-likeness (QED) is 0.608. The zero-order valence-corrected chi connectivity index (χ0v) is 18.9. The highest BCUT2D eigenvalue weighted by atomic mass is 19.1.